The molecule has 4 nitrogen and oxygen atoms in total. The maximum absolute atomic E-state index is 10.5. The van der Waals surface area contributed by atoms with Gasteiger partial charge in [0.1, 0.15) is 12.5 Å². The second-order valence-electron chi connectivity index (χ2n) is 6.76. The Morgan fingerprint density at radius 3 is 2.44 bits per heavy atom. The minimum absolute atomic E-state index is 0.113. The van der Waals surface area contributed by atoms with Gasteiger partial charge >= 0.3 is 0 Å². The highest BCUT2D eigenvalue weighted by Gasteiger charge is 2.23. The molecule has 3 atom stereocenters. The standard InChI is InChI=1S/C20H27ClN2O2/c1-14(19(22)20(24)16-5-4-6-17(21)12-16)11-15-7-9-18(10-8-15)25-13-23(2)3/h4-10,12,14,19-20,24H,11,13,22H2,1-3H3. The number of rotatable bonds is 8. The van der Waals surface area contributed by atoms with Gasteiger partial charge in [-0.3, -0.25) is 4.90 Å². The Hall–Kier alpha value is -1.59. The van der Waals surface area contributed by atoms with Crippen LogP contribution in [0.1, 0.15) is 24.2 Å². The summed E-state index contributed by atoms with van der Waals surface area (Å²) in [7, 11) is 3.92. The number of hydrogen-bond acceptors (Lipinski definition) is 4. The van der Waals surface area contributed by atoms with Crippen LogP contribution in [-0.4, -0.2) is 36.9 Å². The van der Waals surface area contributed by atoms with Crippen molar-refractivity contribution in [1.29, 1.82) is 0 Å². The molecule has 0 aliphatic rings. The first-order chi connectivity index (χ1) is 11.9. The van der Waals surface area contributed by atoms with E-state index in [0.29, 0.717) is 11.8 Å². The van der Waals surface area contributed by atoms with E-state index in [4.69, 9.17) is 22.1 Å². The molecule has 0 aromatic heterocycles. The van der Waals surface area contributed by atoms with Crippen LogP contribution in [-0.2, 0) is 6.42 Å². The molecule has 0 bridgehead atoms. The van der Waals surface area contributed by atoms with Gasteiger partial charge in [0.2, 0.25) is 0 Å². The van der Waals surface area contributed by atoms with E-state index < -0.39 is 6.10 Å². The molecule has 2 aromatic rings. The van der Waals surface area contributed by atoms with Crippen LogP contribution in [0.2, 0.25) is 5.02 Å². The van der Waals surface area contributed by atoms with Crippen molar-refractivity contribution in [3.8, 4) is 5.75 Å². The molecular formula is C20H27ClN2O2. The first kappa shape index (κ1) is 19.7. The second-order valence-corrected chi connectivity index (χ2v) is 7.19. The Bertz CT molecular complexity index is 661. The van der Waals surface area contributed by atoms with Crippen molar-refractivity contribution in [2.45, 2.75) is 25.5 Å². The minimum Gasteiger partial charge on any atom is -0.478 e. The van der Waals surface area contributed by atoms with Crippen LogP contribution in [0.4, 0.5) is 0 Å². The molecule has 0 saturated carbocycles. The van der Waals surface area contributed by atoms with Gasteiger partial charge in [0.05, 0.1) is 6.10 Å². The highest BCUT2D eigenvalue weighted by atomic mass is 35.5. The summed E-state index contributed by atoms with van der Waals surface area (Å²) in [6.07, 6.45) is 0.0450. The summed E-state index contributed by atoms with van der Waals surface area (Å²) < 4.78 is 5.63. The molecule has 25 heavy (non-hydrogen) atoms. The van der Waals surface area contributed by atoms with E-state index in [1.54, 1.807) is 12.1 Å². The highest BCUT2D eigenvalue weighted by Crippen LogP contribution is 2.25. The Labute approximate surface area is 155 Å². The molecule has 2 aromatic carbocycles. The van der Waals surface area contributed by atoms with Gasteiger partial charge in [0.25, 0.3) is 0 Å². The van der Waals surface area contributed by atoms with Crippen LogP contribution in [0.5, 0.6) is 5.75 Å². The summed E-state index contributed by atoms with van der Waals surface area (Å²) in [4.78, 5) is 1.96. The Kier molecular flexibility index (Phi) is 7.26. The van der Waals surface area contributed by atoms with E-state index in [1.807, 2.05) is 55.4 Å². The van der Waals surface area contributed by atoms with Gasteiger partial charge in [-0.25, -0.2) is 0 Å². The molecule has 0 saturated heterocycles. The third-order valence-electron chi connectivity index (χ3n) is 4.18. The van der Waals surface area contributed by atoms with Crippen molar-refractivity contribution in [3.63, 3.8) is 0 Å². The summed E-state index contributed by atoms with van der Waals surface area (Å²) >= 11 is 6.00. The molecule has 0 heterocycles. The van der Waals surface area contributed by atoms with Gasteiger partial charge in [-0.1, -0.05) is 42.8 Å². The van der Waals surface area contributed by atoms with Crippen molar-refractivity contribution in [3.05, 3.63) is 64.7 Å². The van der Waals surface area contributed by atoms with Crippen molar-refractivity contribution >= 4 is 11.6 Å². The van der Waals surface area contributed by atoms with E-state index in [9.17, 15) is 5.11 Å². The monoisotopic (exact) mass is 362 g/mol. The lowest BCUT2D eigenvalue weighted by molar-refractivity contribution is 0.121. The van der Waals surface area contributed by atoms with Gasteiger partial charge in [0, 0.05) is 11.1 Å². The third-order valence-corrected chi connectivity index (χ3v) is 4.42. The maximum atomic E-state index is 10.5. The van der Waals surface area contributed by atoms with Crippen molar-refractivity contribution < 1.29 is 9.84 Å². The van der Waals surface area contributed by atoms with Crippen LogP contribution in [0.15, 0.2) is 48.5 Å². The molecule has 2 rings (SSSR count). The molecule has 0 fully saturated rings. The first-order valence-electron chi connectivity index (χ1n) is 8.42. The van der Waals surface area contributed by atoms with E-state index in [1.165, 1.54) is 5.56 Å². The summed E-state index contributed by atoms with van der Waals surface area (Å²) in [6.45, 7) is 2.60. The van der Waals surface area contributed by atoms with Crippen LogP contribution < -0.4 is 10.5 Å². The van der Waals surface area contributed by atoms with Crippen LogP contribution in [0.3, 0.4) is 0 Å². The second kappa shape index (κ2) is 9.20. The largest absolute Gasteiger partial charge is 0.478 e. The van der Waals surface area contributed by atoms with Gasteiger partial charge in [-0.15, -0.1) is 0 Å². The summed E-state index contributed by atoms with van der Waals surface area (Å²) in [6, 6.07) is 14.9. The van der Waals surface area contributed by atoms with Crippen molar-refractivity contribution in [2.24, 2.45) is 11.7 Å². The molecular weight excluding hydrogens is 336 g/mol. The van der Waals surface area contributed by atoms with Crippen molar-refractivity contribution in [1.82, 2.24) is 4.90 Å². The predicted molar refractivity (Wildman–Crippen MR) is 103 cm³/mol. The summed E-state index contributed by atoms with van der Waals surface area (Å²) in [5, 5.41) is 11.1. The van der Waals surface area contributed by atoms with E-state index in [-0.39, 0.29) is 12.0 Å². The zero-order valence-corrected chi connectivity index (χ0v) is 15.8. The lowest BCUT2D eigenvalue weighted by atomic mass is 9.88. The Balaban J connectivity index is 1.95. The molecule has 3 N–H and O–H groups in total. The van der Waals surface area contributed by atoms with Gasteiger partial charge in [0.15, 0.2) is 0 Å². The Morgan fingerprint density at radius 1 is 1.16 bits per heavy atom. The number of benzene rings is 2. The fraction of sp³-hybridized carbons (Fsp3) is 0.400. The molecule has 0 amide bonds. The topological polar surface area (TPSA) is 58.7 Å². The molecule has 3 unspecified atom stereocenters. The third kappa shape index (κ3) is 6.01. The number of aliphatic hydroxyl groups excluding tert-OH is 1. The molecule has 0 spiro atoms. The van der Waals surface area contributed by atoms with Gasteiger partial charge < -0.3 is 15.6 Å². The fourth-order valence-corrected chi connectivity index (χ4v) is 2.86. The van der Waals surface area contributed by atoms with Crippen molar-refractivity contribution in [2.75, 3.05) is 20.8 Å². The first-order valence-corrected chi connectivity index (χ1v) is 8.80. The number of hydrogen-bond donors (Lipinski definition) is 2. The molecule has 136 valence electrons. The van der Waals surface area contributed by atoms with Crippen LogP contribution >= 0.6 is 11.6 Å². The zero-order chi connectivity index (χ0) is 18.4. The highest BCUT2D eigenvalue weighted by molar-refractivity contribution is 6.30. The minimum atomic E-state index is -0.739. The van der Waals surface area contributed by atoms with E-state index in [2.05, 4.69) is 6.92 Å². The van der Waals surface area contributed by atoms with Gasteiger partial charge in [-0.2, -0.15) is 0 Å². The number of aliphatic hydroxyl groups is 1. The molecule has 5 heteroatoms. The van der Waals surface area contributed by atoms with Gasteiger partial charge in [-0.05, 0) is 61.8 Å². The maximum Gasteiger partial charge on any atom is 0.141 e. The number of nitrogens with zero attached hydrogens (tertiary/aromatic N) is 1. The van der Waals surface area contributed by atoms with E-state index >= 15 is 0 Å². The SMILES string of the molecule is CC(Cc1ccc(OCN(C)C)cc1)C(N)C(O)c1cccc(Cl)c1. The predicted octanol–water partition coefficient (Wildman–Crippen LogP) is 3.48. The normalized spacial score (nSPS) is 15.0. The lowest BCUT2D eigenvalue weighted by Crippen LogP contribution is -2.36. The number of halogens is 1. The van der Waals surface area contributed by atoms with E-state index in [0.717, 1.165) is 17.7 Å². The van der Waals surface area contributed by atoms with Crippen LogP contribution in [0, 0.1) is 5.92 Å². The molecule has 0 aliphatic carbocycles. The quantitative estimate of drug-likeness (QED) is 0.706. The number of nitrogens with two attached hydrogens (primary N) is 1. The molecule has 0 radical (unpaired) electrons. The average molecular weight is 363 g/mol. The van der Waals surface area contributed by atoms with Crippen LogP contribution in [0.25, 0.3) is 0 Å². The Morgan fingerprint density at radius 2 is 1.84 bits per heavy atom. The smallest absolute Gasteiger partial charge is 0.141 e. The lowest BCUT2D eigenvalue weighted by Gasteiger charge is -2.25. The summed E-state index contributed by atoms with van der Waals surface area (Å²) in [5.41, 5.74) is 8.19. The number of ether oxygens (including phenoxy) is 1. The summed E-state index contributed by atoms with van der Waals surface area (Å²) in [5.74, 6) is 0.955. The average Bonchev–Trinajstić information content (AvgIpc) is 2.59. The molecule has 0 aliphatic heterocycles. The fourth-order valence-electron chi connectivity index (χ4n) is 2.66. The zero-order valence-electron chi connectivity index (χ0n) is 15.0.